The van der Waals surface area contributed by atoms with Crippen molar-refractivity contribution in [2.75, 3.05) is 0 Å². The van der Waals surface area contributed by atoms with Crippen molar-refractivity contribution in [3.8, 4) is 22.4 Å². The third-order valence-electron chi connectivity index (χ3n) is 6.74. The highest BCUT2D eigenvalue weighted by Crippen LogP contribution is 2.42. The molecule has 0 saturated carbocycles. The van der Waals surface area contributed by atoms with Crippen molar-refractivity contribution in [3.63, 3.8) is 0 Å². The Balaban J connectivity index is 1.69. The predicted molar refractivity (Wildman–Crippen MR) is 122 cm³/mol. The van der Waals surface area contributed by atoms with Gasteiger partial charge in [0.15, 0.2) is 6.20 Å². The van der Waals surface area contributed by atoms with E-state index in [1.165, 1.54) is 62.8 Å². The number of pyridine rings is 1. The van der Waals surface area contributed by atoms with Crippen LogP contribution in [0, 0.1) is 6.92 Å². The minimum Gasteiger partial charge on any atom is -0.454 e. The number of hydrogen-bond acceptors (Lipinski definition) is 1. The van der Waals surface area contributed by atoms with Crippen LogP contribution in [0.1, 0.15) is 23.2 Å². The number of para-hydroxylation sites is 1. The molecule has 2 aromatic carbocycles. The Morgan fingerprint density at radius 2 is 1.77 bits per heavy atom. The second-order valence-electron chi connectivity index (χ2n) is 8.55. The van der Waals surface area contributed by atoms with Gasteiger partial charge in [-0.25, -0.2) is 4.57 Å². The van der Waals surface area contributed by atoms with Gasteiger partial charge in [0.25, 0.3) is 0 Å². The zero-order valence-corrected chi connectivity index (χ0v) is 17.7. The van der Waals surface area contributed by atoms with Crippen LogP contribution in [-0.2, 0) is 26.9 Å². The molecule has 0 radical (unpaired) electrons. The third-order valence-corrected chi connectivity index (χ3v) is 6.74. The van der Waals surface area contributed by atoms with Gasteiger partial charge in [0.1, 0.15) is 18.2 Å². The maximum absolute atomic E-state index is 6.71. The summed E-state index contributed by atoms with van der Waals surface area (Å²) in [6.07, 6.45) is 7.96. The van der Waals surface area contributed by atoms with Crippen molar-refractivity contribution in [2.45, 2.75) is 26.2 Å². The molecule has 1 aliphatic carbocycles. The van der Waals surface area contributed by atoms with Gasteiger partial charge in [0.2, 0.25) is 5.69 Å². The first-order valence-electron chi connectivity index (χ1n) is 10.7. The average molecular weight is 394 g/mol. The fourth-order valence-electron chi connectivity index (χ4n) is 5.26. The second-order valence-corrected chi connectivity index (χ2v) is 8.55. The van der Waals surface area contributed by atoms with E-state index in [-0.39, 0.29) is 0 Å². The Hall–Kier alpha value is -3.33. The molecule has 30 heavy (non-hydrogen) atoms. The summed E-state index contributed by atoms with van der Waals surface area (Å²) in [6, 6.07) is 17.3. The summed E-state index contributed by atoms with van der Waals surface area (Å²) in [7, 11) is 4.26. The first-order valence-corrected chi connectivity index (χ1v) is 10.7. The molecule has 0 atom stereocenters. The number of rotatable bonds is 2. The fraction of sp³-hybridized carbons (Fsp3) is 0.222. The van der Waals surface area contributed by atoms with Crippen molar-refractivity contribution in [2.24, 2.45) is 14.1 Å². The maximum Gasteiger partial charge on any atom is 0.216 e. The molecule has 0 fully saturated rings. The Morgan fingerprint density at radius 1 is 0.900 bits per heavy atom. The summed E-state index contributed by atoms with van der Waals surface area (Å²) in [4.78, 5) is 0. The molecule has 0 saturated heterocycles. The van der Waals surface area contributed by atoms with Gasteiger partial charge in [-0.1, -0.05) is 30.3 Å². The van der Waals surface area contributed by atoms with Crippen LogP contribution >= 0.6 is 0 Å². The van der Waals surface area contributed by atoms with Gasteiger partial charge < -0.3 is 8.98 Å². The van der Waals surface area contributed by atoms with Crippen molar-refractivity contribution in [1.29, 1.82) is 0 Å². The minimum absolute atomic E-state index is 0.979. The number of aromatic nitrogens is 2. The first kappa shape index (κ1) is 17.5. The van der Waals surface area contributed by atoms with Crippen LogP contribution in [-0.4, -0.2) is 4.57 Å². The van der Waals surface area contributed by atoms with Crippen LogP contribution in [0.4, 0.5) is 0 Å². The lowest BCUT2D eigenvalue weighted by Gasteiger charge is -2.05. The zero-order valence-electron chi connectivity index (χ0n) is 17.7. The van der Waals surface area contributed by atoms with Gasteiger partial charge in [-0.15, -0.1) is 0 Å². The first-order chi connectivity index (χ1) is 14.6. The van der Waals surface area contributed by atoms with E-state index in [1.807, 2.05) is 0 Å². The second kappa shape index (κ2) is 6.33. The van der Waals surface area contributed by atoms with Gasteiger partial charge in [0.05, 0.1) is 5.56 Å². The molecule has 3 nitrogen and oxygen atoms in total. The quantitative estimate of drug-likeness (QED) is 0.343. The molecule has 6 rings (SSSR count). The van der Waals surface area contributed by atoms with Crippen molar-refractivity contribution in [3.05, 3.63) is 77.7 Å². The van der Waals surface area contributed by atoms with Crippen LogP contribution < -0.4 is 4.57 Å². The zero-order chi connectivity index (χ0) is 20.4. The normalized spacial score (nSPS) is 13.4. The van der Waals surface area contributed by atoms with Gasteiger partial charge in [0, 0.05) is 53.0 Å². The van der Waals surface area contributed by atoms with Crippen LogP contribution in [0.25, 0.3) is 44.3 Å². The fourth-order valence-corrected chi connectivity index (χ4v) is 5.26. The van der Waals surface area contributed by atoms with E-state index in [0.29, 0.717) is 0 Å². The largest absolute Gasteiger partial charge is 0.454 e. The highest BCUT2D eigenvalue weighted by atomic mass is 16.3. The molecule has 1 aliphatic rings. The molecule has 3 heteroatoms. The molecule has 0 unspecified atom stereocenters. The van der Waals surface area contributed by atoms with E-state index >= 15 is 0 Å². The monoisotopic (exact) mass is 393 g/mol. The summed E-state index contributed by atoms with van der Waals surface area (Å²) in [5, 5.41) is 2.38. The topological polar surface area (TPSA) is 21.9 Å². The number of furan rings is 1. The van der Waals surface area contributed by atoms with Crippen LogP contribution in [0.3, 0.4) is 0 Å². The minimum atomic E-state index is 0.979. The van der Waals surface area contributed by atoms with Crippen LogP contribution in [0.5, 0.6) is 0 Å². The van der Waals surface area contributed by atoms with Crippen molar-refractivity contribution < 1.29 is 8.98 Å². The van der Waals surface area contributed by atoms with Gasteiger partial charge >= 0.3 is 0 Å². The number of aryl methyl sites for hydroxylation is 3. The van der Waals surface area contributed by atoms with Gasteiger partial charge in [-0.2, -0.15) is 0 Å². The molecular weight excluding hydrogens is 368 g/mol. The maximum atomic E-state index is 6.71. The summed E-state index contributed by atoms with van der Waals surface area (Å²) in [5.74, 6) is 0. The number of hydrogen-bond donors (Lipinski definition) is 0. The SMILES string of the molecule is Cc1ccc2c(oc3c(-c4cn(C)c5c4CCC5)cccc32)c1-c1cccc[n+]1C. The predicted octanol–water partition coefficient (Wildman–Crippen LogP) is 5.88. The van der Waals surface area contributed by atoms with Crippen molar-refractivity contribution in [1.82, 2.24) is 4.57 Å². The number of fused-ring (bicyclic) bond motifs is 4. The smallest absolute Gasteiger partial charge is 0.216 e. The molecule has 3 heterocycles. The Kier molecular flexibility index (Phi) is 3.70. The summed E-state index contributed by atoms with van der Waals surface area (Å²) in [6.45, 7) is 2.17. The lowest BCUT2D eigenvalue weighted by molar-refractivity contribution is -0.660. The van der Waals surface area contributed by atoms with Crippen LogP contribution in [0.15, 0.2) is 65.3 Å². The van der Waals surface area contributed by atoms with E-state index in [0.717, 1.165) is 17.6 Å². The molecular formula is C27H25N2O+. The van der Waals surface area contributed by atoms with E-state index in [4.69, 9.17) is 4.42 Å². The number of benzene rings is 2. The molecule has 3 aromatic heterocycles. The lowest BCUT2D eigenvalue weighted by atomic mass is 9.98. The Morgan fingerprint density at radius 3 is 2.63 bits per heavy atom. The molecule has 0 amide bonds. The highest BCUT2D eigenvalue weighted by molar-refractivity contribution is 6.13. The Labute approximate surface area is 176 Å². The summed E-state index contributed by atoms with van der Waals surface area (Å²) >= 11 is 0. The molecule has 148 valence electrons. The van der Waals surface area contributed by atoms with E-state index in [2.05, 4.69) is 91.1 Å². The number of nitrogens with zero attached hydrogens (tertiary/aromatic N) is 2. The molecule has 5 aromatic rings. The van der Waals surface area contributed by atoms with Crippen molar-refractivity contribution >= 4 is 21.9 Å². The van der Waals surface area contributed by atoms with Gasteiger partial charge in [-0.05, 0) is 43.4 Å². The van der Waals surface area contributed by atoms with E-state index in [1.54, 1.807) is 0 Å². The molecule has 0 N–H and O–H groups in total. The van der Waals surface area contributed by atoms with Gasteiger partial charge in [-0.3, -0.25) is 0 Å². The third kappa shape index (κ3) is 2.35. The lowest BCUT2D eigenvalue weighted by Crippen LogP contribution is -2.30. The standard InChI is InChI=1S/C27H25N2O/c1-17-13-14-21-19-9-6-10-20(22-16-29(3)23-12-7-8-18(22)23)26(19)30-27(21)25(17)24-11-4-5-15-28(24)2/h4-6,9-11,13-16H,7-8,12H2,1-3H3/q+1. The molecule has 0 bridgehead atoms. The average Bonchev–Trinajstić information content (AvgIpc) is 3.44. The van der Waals surface area contributed by atoms with Crippen LogP contribution in [0.2, 0.25) is 0 Å². The highest BCUT2D eigenvalue weighted by Gasteiger charge is 2.24. The Bertz CT molecular complexity index is 1450. The van der Waals surface area contributed by atoms with E-state index < -0.39 is 0 Å². The summed E-state index contributed by atoms with van der Waals surface area (Å²) in [5.41, 5.74) is 11.1. The molecule has 0 aliphatic heterocycles. The summed E-state index contributed by atoms with van der Waals surface area (Å²) < 4.78 is 11.2. The van der Waals surface area contributed by atoms with E-state index in [9.17, 15) is 0 Å². The molecule has 0 spiro atoms.